The van der Waals surface area contributed by atoms with Gasteiger partial charge in [-0.25, -0.2) is 19.7 Å². The van der Waals surface area contributed by atoms with Gasteiger partial charge in [-0.05, 0) is 38.5 Å². The van der Waals surface area contributed by atoms with E-state index in [4.69, 9.17) is 14.7 Å². The number of nitrogens with one attached hydrogen (secondary N) is 3. The van der Waals surface area contributed by atoms with Crippen molar-refractivity contribution in [2.24, 2.45) is 5.92 Å². The molecule has 4 heterocycles. The predicted octanol–water partition coefficient (Wildman–Crippen LogP) is 2.77. The molecule has 3 aromatic heterocycles. The van der Waals surface area contributed by atoms with Crippen LogP contribution in [0.15, 0.2) is 29.1 Å². The van der Waals surface area contributed by atoms with E-state index in [0.29, 0.717) is 23.0 Å². The molecule has 5 rings (SSSR count). The number of benzene rings is 1. The van der Waals surface area contributed by atoms with E-state index in [0.717, 1.165) is 67.2 Å². The summed E-state index contributed by atoms with van der Waals surface area (Å²) in [6.45, 7) is 3.53. The average molecular weight is 405 g/mol. The lowest BCUT2D eigenvalue weighted by Gasteiger charge is -2.22. The SMILES string of the molecule is Cc1nc(-c2ccc(-c3nc4[nH]c(=O)[nH]c4nc3CCC3CCOCC3)cc2)n[nH]1. The van der Waals surface area contributed by atoms with Crippen molar-refractivity contribution in [3.8, 4) is 22.6 Å². The molecule has 0 bridgehead atoms. The van der Waals surface area contributed by atoms with Gasteiger partial charge in [-0.3, -0.25) is 15.1 Å². The van der Waals surface area contributed by atoms with Crippen molar-refractivity contribution in [1.82, 2.24) is 35.1 Å². The molecule has 0 saturated carbocycles. The first kappa shape index (κ1) is 18.7. The zero-order valence-electron chi connectivity index (χ0n) is 16.7. The van der Waals surface area contributed by atoms with Crippen LogP contribution in [0.25, 0.3) is 33.9 Å². The van der Waals surface area contributed by atoms with Crippen molar-refractivity contribution in [1.29, 1.82) is 0 Å². The molecule has 0 amide bonds. The van der Waals surface area contributed by atoms with Crippen molar-refractivity contribution < 1.29 is 4.74 Å². The number of aromatic nitrogens is 7. The minimum Gasteiger partial charge on any atom is -0.381 e. The van der Waals surface area contributed by atoms with E-state index in [2.05, 4.69) is 25.1 Å². The maximum atomic E-state index is 11.7. The molecule has 0 spiro atoms. The summed E-state index contributed by atoms with van der Waals surface area (Å²) in [4.78, 5) is 31.0. The molecular formula is C21H23N7O2. The van der Waals surface area contributed by atoms with Gasteiger partial charge in [0.25, 0.3) is 0 Å². The second-order valence-electron chi connectivity index (χ2n) is 7.71. The molecule has 0 atom stereocenters. The van der Waals surface area contributed by atoms with Gasteiger partial charge in [0.1, 0.15) is 5.82 Å². The van der Waals surface area contributed by atoms with Crippen LogP contribution in [0.5, 0.6) is 0 Å². The van der Waals surface area contributed by atoms with Crippen LogP contribution in [0.4, 0.5) is 0 Å². The monoisotopic (exact) mass is 405 g/mol. The fourth-order valence-corrected chi connectivity index (χ4v) is 3.92. The van der Waals surface area contributed by atoms with Gasteiger partial charge >= 0.3 is 5.69 Å². The standard InChI is InChI=1S/C21H23N7O2/c1-12-22-18(28-27-12)15-5-3-14(4-6-15)17-16(7-2-13-8-10-30-11-9-13)23-19-20(24-17)26-21(29)25-19/h3-6,13H,2,7-11H2,1H3,(H,22,27,28)(H2,23,24,25,26,29). The van der Waals surface area contributed by atoms with E-state index in [1.54, 1.807) is 0 Å². The third-order valence-electron chi connectivity index (χ3n) is 5.58. The summed E-state index contributed by atoms with van der Waals surface area (Å²) in [7, 11) is 0. The van der Waals surface area contributed by atoms with Crippen LogP contribution >= 0.6 is 0 Å². The zero-order valence-corrected chi connectivity index (χ0v) is 16.7. The summed E-state index contributed by atoms with van der Waals surface area (Å²) in [5.74, 6) is 2.07. The average Bonchev–Trinajstić information content (AvgIpc) is 3.36. The lowest BCUT2D eigenvalue weighted by Crippen LogP contribution is -2.16. The topological polar surface area (TPSA) is 125 Å². The van der Waals surface area contributed by atoms with E-state index in [1.165, 1.54) is 0 Å². The molecule has 1 aliphatic rings. The highest BCUT2D eigenvalue weighted by Gasteiger charge is 2.18. The molecule has 1 saturated heterocycles. The maximum absolute atomic E-state index is 11.7. The molecular weight excluding hydrogens is 382 g/mol. The summed E-state index contributed by atoms with van der Waals surface area (Å²) in [6, 6.07) is 7.96. The van der Waals surface area contributed by atoms with E-state index in [9.17, 15) is 4.79 Å². The number of hydrogen-bond donors (Lipinski definition) is 3. The Kier molecular flexibility index (Phi) is 4.88. The Bertz CT molecular complexity index is 1220. The van der Waals surface area contributed by atoms with E-state index in [1.807, 2.05) is 31.2 Å². The summed E-state index contributed by atoms with van der Waals surface area (Å²) in [6.07, 6.45) is 3.99. The quantitative estimate of drug-likeness (QED) is 0.469. The second-order valence-corrected chi connectivity index (χ2v) is 7.71. The number of H-pyrrole nitrogens is 3. The van der Waals surface area contributed by atoms with Crippen LogP contribution in [-0.4, -0.2) is 48.3 Å². The van der Waals surface area contributed by atoms with Gasteiger partial charge in [0.05, 0.1) is 11.4 Å². The maximum Gasteiger partial charge on any atom is 0.326 e. The van der Waals surface area contributed by atoms with Crippen LogP contribution in [0, 0.1) is 12.8 Å². The van der Waals surface area contributed by atoms with Crippen molar-refractivity contribution in [3.63, 3.8) is 0 Å². The van der Waals surface area contributed by atoms with E-state index < -0.39 is 0 Å². The molecule has 3 N–H and O–H groups in total. The van der Waals surface area contributed by atoms with E-state index >= 15 is 0 Å². The normalized spacial score (nSPS) is 15.1. The lowest BCUT2D eigenvalue weighted by molar-refractivity contribution is 0.0639. The molecule has 30 heavy (non-hydrogen) atoms. The molecule has 1 aromatic carbocycles. The van der Waals surface area contributed by atoms with Crippen molar-refractivity contribution in [3.05, 3.63) is 46.3 Å². The third-order valence-corrected chi connectivity index (χ3v) is 5.58. The Labute approximate surface area is 172 Å². The predicted molar refractivity (Wildman–Crippen MR) is 112 cm³/mol. The highest BCUT2D eigenvalue weighted by Crippen LogP contribution is 2.28. The highest BCUT2D eigenvalue weighted by molar-refractivity contribution is 5.73. The van der Waals surface area contributed by atoms with Gasteiger partial charge in [-0.1, -0.05) is 24.3 Å². The van der Waals surface area contributed by atoms with Gasteiger partial charge in [-0.2, -0.15) is 5.10 Å². The van der Waals surface area contributed by atoms with Gasteiger partial charge in [0.15, 0.2) is 17.1 Å². The minimum atomic E-state index is -0.298. The summed E-state index contributed by atoms with van der Waals surface area (Å²) < 4.78 is 5.47. The molecule has 0 aliphatic carbocycles. The second kappa shape index (κ2) is 7.83. The molecule has 9 heteroatoms. The number of aryl methyl sites for hydroxylation is 2. The number of hydrogen-bond acceptors (Lipinski definition) is 6. The number of aromatic amines is 3. The number of fused-ring (bicyclic) bond motifs is 1. The molecule has 0 unspecified atom stereocenters. The van der Waals surface area contributed by atoms with Crippen molar-refractivity contribution in [2.45, 2.75) is 32.6 Å². The Morgan fingerprint density at radius 2 is 1.70 bits per heavy atom. The lowest BCUT2D eigenvalue weighted by atomic mass is 9.93. The summed E-state index contributed by atoms with van der Waals surface area (Å²) in [5.41, 5.74) is 4.23. The van der Waals surface area contributed by atoms with Crippen LogP contribution < -0.4 is 5.69 Å². The molecule has 0 radical (unpaired) electrons. The number of ether oxygens (including phenoxy) is 1. The summed E-state index contributed by atoms with van der Waals surface area (Å²) in [5, 5.41) is 7.08. The van der Waals surface area contributed by atoms with Gasteiger partial charge in [-0.15, -0.1) is 0 Å². The molecule has 154 valence electrons. The van der Waals surface area contributed by atoms with Gasteiger partial charge in [0.2, 0.25) is 0 Å². The van der Waals surface area contributed by atoms with Crippen molar-refractivity contribution in [2.75, 3.05) is 13.2 Å². The number of rotatable bonds is 5. The van der Waals surface area contributed by atoms with Crippen LogP contribution in [0.2, 0.25) is 0 Å². The van der Waals surface area contributed by atoms with E-state index in [-0.39, 0.29) is 5.69 Å². The largest absolute Gasteiger partial charge is 0.381 e. The molecule has 1 fully saturated rings. The molecule has 4 aromatic rings. The first-order valence-electron chi connectivity index (χ1n) is 10.2. The third kappa shape index (κ3) is 3.76. The fraction of sp³-hybridized carbons (Fsp3) is 0.381. The van der Waals surface area contributed by atoms with Crippen molar-refractivity contribution >= 4 is 11.3 Å². The highest BCUT2D eigenvalue weighted by atomic mass is 16.5. The minimum absolute atomic E-state index is 0.298. The molecule has 9 nitrogen and oxygen atoms in total. The molecule has 1 aliphatic heterocycles. The Morgan fingerprint density at radius 1 is 1.00 bits per heavy atom. The number of imidazole rings is 1. The first-order chi connectivity index (χ1) is 14.7. The summed E-state index contributed by atoms with van der Waals surface area (Å²) >= 11 is 0. The van der Waals surface area contributed by atoms with Gasteiger partial charge < -0.3 is 4.74 Å². The fourth-order valence-electron chi connectivity index (χ4n) is 3.92. The Hall–Kier alpha value is -3.33. The Balaban J connectivity index is 1.48. The Morgan fingerprint density at radius 3 is 2.40 bits per heavy atom. The van der Waals surface area contributed by atoms with Crippen LogP contribution in [0.1, 0.15) is 30.8 Å². The zero-order chi connectivity index (χ0) is 20.5. The smallest absolute Gasteiger partial charge is 0.326 e. The van der Waals surface area contributed by atoms with Crippen LogP contribution in [-0.2, 0) is 11.2 Å². The number of nitrogens with zero attached hydrogens (tertiary/aromatic N) is 4. The van der Waals surface area contributed by atoms with Gasteiger partial charge in [0, 0.05) is 24.3 Å². The first-order valence-corrected chi connectivity index (χ1v) is 10.2. The van der Waals surface area contributed by atoms with Crippen LogP contribution in [0.3, 0.4) is 0 Å².